The van der Waals surface area contributed by atoms with Crippen molar-refractivity contribution in [2.24, 2.45) is 0 Å². The van der Waals surface area contributed by atoms with Crippen molar-refractivity contribution in [2.45, 2.75) is 39.8 Å². The molecule has 0 atom stereocenters. The van der Waals surface area contributed by atoms with E-state index in [4.69, 9.17) is 11.0 Å². The third-order valence-electron chi connectivity index (χ3n) is 2.51. The Balaban J connectivity index is 2.75. The molecule has 0 bridgehead atoms. The number of nitriles is 1. The van der Waals surface area contributed by atoms with Crippen LogP contribution in [0, 0.1) is 18.3 Å². The van der Waals surface area contributed by atoms with Crippen LogP contribution in [0.3, 0.4) is 0 Å². The third kappa shape index (κ3) is 4.37. The van der Waals surface area contributed by atoms with Crippen LogP contribution < -0.4 is 5.73 Å². The number of anilines is 1. The van der Waals surface area contributed by atoms with Crippen LogP contribution in [0.25, 0.3) is 0 Å². The molecule has 1 aromatic heterocycles. The van der Waals surface area contributed by atoms with Gasteiger partial charge < -0.3 is 5.73 Å². The van der Waals surface area contributed by atoms with Crippen molar-refractivity contribution in [1.82, 2.24) is 14.9 Å². The SMILES string of the molecule is Cc1cc(N)nc(CN(CCC#N)C(C)C)n1. The quantitative estimate of drug-likeness (QED) is 0.833. The van der Waals surface area contributed by atoms with E-state index in [1.54, 1.807) is 6.07 Å². The number of hydrogen-bond acceptors (Lipinski definition) is 5. The molecule has 2 N–H and O–H groups in total. The summed E-state index contributed by atoms with van der Waals surface area (Å²) in [5, 5.41) is 8.62. The Labute approximate surface area is 102 Å². The van der Waals surface area contributed by atoms with Gasteiger partial charge in [-0.15, -0.1) is 0 Å². The zero-order valence-electron chi connectivity index (χ0n) is 10.6. The van der Waals surface area contributed by atoms with Gasteiger partial charge in [0, 0.05) is 30.8 Å². The Morgan fingerprint density at radius 2 is 2.18 bits per heavy atom. The van der Waals surface area contributed by atoms with Gasteiger partial charge in [0.2, 0.25) is 0 Å². The van der Waals surface area contributed by atoms with Gasteiger partial charge >= 0.3 is 0 Å². The van der Waals surface area contributed by atoms with Crippen LogP contribution in [0.4, 0.5) is 5.82 Å². The van der Waals surface area contributed by atoms with E-state index in [2.05, 4.69) is 34.8 Å². The summed E-state index contributed by atoms with van der Waals surface area (Å²) in [5.74, 6) is 1.21. The van der Waals surface area contributed by atoms with Gasteiger partial charge in [0.25, 0.3) is 0 Å². The highest BCUT2D eigenvalue weighted by Gasteiger charge is 2.12. The highest BCUT2D eigenvalue weighted by atomic mass is 15.2. The fourth-order valence-corrected chi connectivity index (χ4v) is 1.62. The third-order valence-corrected chi connectivity index (χ3v) is 2.51. The second-order valence-corrected chi connectivity index (χ2v) is 4.32. The monoisotopic (exact) mass is 233 g/mol. The predicted octanol–water partition coefficient (Wildman–Crippen LogP) is 1.49. The minimum absolute atomic E-state index is 0.355. The Bertz CT molecular complexity index is 388. The number of aromatic nitrogens is 2. The lowest BCUT2D eigenvalue weighted by molar-refractivity contribution is 0.212. The van der Waals surface area contributed by atoms with E-state index in [1.807, 2.05) is 6.92 Å². The predicted molar refractivity (Wildman–Crippen MR) is 67.0 cm³/mol. The van der Waals surface area contributed by atoms with Crippen molar-refractivity contribution in [1.29, 1.82) is 5.26 Å². The number of nitrogens with zero attached hydrogens (tertiary/aromatic N) is 4. The summed E-state index contributed by atoms with van der Waals surface area (Å²) in [4.78, 5) is 10.7. The maximum atomic E-state index is 8.62. The minimum atomic E-state index is 0.355. The molecule has 0 amide bonds. The number of hydrogen-bond donors (Lipinski definition) is 1. The Morgan fingerprint density at radius 1 is 1.47 bits per heavy atom. The van der Waals surface area contributed by atoms with E-state index in [0.717, 1.165) is 12.2 Å². The van der Waals surface area contributed by atoms with E-state index < -0.39 is 0 Å². The molecule has 0 aliphatic rings. The van der Waals surface area contributed by atoms with Gasteiger partial charge in [-0.1, -0.05) is 0 Å². The first-order valence-corrected chi connectivity index (χ1v) is 5.74. The lowest BCUT2D eigenvalue weighted by Gasteiger charge is -2.24. The number of aryl methyl sites for hydroxylation is 1. The van der Waals surface area contributed by atoms with Crippen LogP contribution in [-0.2, 0) is 6.54 Å². The molecular formula is C12H19N5. The average Bonchev–Trinajstić information content (AvgIpc) is 2.22. The number of nitrogens with two attached hydrogens (primary N) is 1. The van der Waals surface area contributed by atoms with Crippen LogP contribution >= 0.6 is 0 Å². The standard InChI is InChI=1S/C12H19N5/c1-9(2)17(6-4-5-13)8-12-15-10(3)7-11(14)16-12/h7,9H,4,6,8H2,1-3H3,(H2,14,15,16). The first-order chi connectivity index (χ1) is 8.02. The fraction of sp³-hybridized carbons (Fsp3) is 0.583. The van der Waals surface area contributed by atoms with Gasteiger partial charge in [-0.3, -0.25) is 4.90 Å². The maximum Gasteiger partial charge on any atom is 0.144 e. The molecule has 0 aliphatic heterocycles. The molecular weight excluding hydrogens is 214 g/mol. The molecule has 1 aromatic rings. The van der Waals surface area contributed by atoms with E-state index in [1.165, 1.54) is 0 Å². The first kappa shape index (κ1) is 13.4. The molecule has 0 saturated heterocycles. The average molecular weight is 233 g/mol. The van der Waals surface area contributed by atoms with Gasteiger partial charge in [0.05, 0.1) is 12.6 Å². The Hall–Kier alpha value is -1.67. The van der Waals surface area contributed by atoms with Gasteiger partial charge in [-0.05, 0) is 20.8 Å². The van der Waals surface area contributed by atoms with E-state index in [0.29, 0.717) is 30.6 Å². The fourth-order valence-electron chi connectivity index (χ4n) is 1.62. The van der Waals surface area contributed by atoms with Crippen molar-refractivity contribution >= 4 is 5.82 Å². The van der Waals surface area contributed by atoms with Crippen LogP contribution in [0.2, 0.25) is 0 Å². The second kappa shape index (κ2) is 6.16. The Morgan fingerprint density at radius 3 is 2.71 bits per heavy atom. The summed E-state index contributed by atoms with van der Waals surface area (Å²) in [5.41, 5.74) is 6.56. The van der Waals surface area contributed by atoms with Gasteiger partial charge in [0.15, 0.2) is 0 Å². The molecule has 0 aliphatic carbocycles. The Kier molecular flexibility index (Phi) is 4.85. The molecule has 17 heavy (non-hydrogen) atoms. The van der Waals surface area contributed by atoms with Crippen LogP contribution in [0.15, 0.2) is 6.07 Å². The van der Waals surface area contributed by atoms with Gasteiger partial charge in [-0.25, -0.2) is 9.97 Å². The van der Waals surface area contributed by atoms with Gasteiger partial charge in [0.1, 0.15) is 11.6 Å². The van der Waals surface area contributed by atoms with Crippen molar-refractivity contribution in [3.63, 3.8) is 0 Å². The minimum Gasteiger partial charge on any atom is -0.384 e. The molecule has 92 valence electrons. The van der Waals surface area contributed by atoms with Crippen LogP contribution in [0.5, 0.6) is 0 Å². The molecule has 0 saturated carbocycles. The molecule has 1 rings (SSSR count). The molecule has 0 unspecified atom stereocenters. The van der Waals surface area contributed by atoms with E-state index in [9.17, 15) is 0 Å². The molecule has 1 heterocycles. The number of rotatable bonds is 5. The summed E-state index contributed by atoms with van der Waals surface area (Å²) < 4.78 is 0. The van der Waals surface area contributed by atoms with E-state index >= 15 is 0 Å². The van der Waals surface area contributed by atoms with E-state index in [-0.39, 0.29) is 0 Å². The molecule has 5 heteroatoms. The summed E-state index contributed by atoms with van der Waals surface area (Å²) >= 11 is 0. The smallest absolute Gasteiger partial charge is 0.144 e. The molecule has 0 aromatic carbocycles. The maximum absolute atomic E-state index is 8.62. The van der Waals surface area contributed by atoms with Gasteiger partial charge in [-0.2, -0.15) is 5.26 Å². The number of nitrogen functional groups attached to an aromatic ring is 1. The molecule has 5 nitrogen and oxygen atoms in total. The molecule has 0 spiro atoms. The second-order valence-electron chi connectivity index (χ2n) is 4.32. The lowest BCUT2D eigenvalue weighted by Crippen LogP contribution is -2.32. The summed E-state index contributed by atoms with van der Waals surface area (Å²) in [7, 11) is 0. The van der Waals surface area contributed by atoms with Crippen molar-refractivity contribution in [3.8, 4) is 6.07 Å². The zero-order chi connectivity index (χ0) is 12.8. The molecule has 0 radical (unpaired) electrons. The highest BCUT2D eigenvalue weighted by Crippen LogP contribution is 2.08. The summed E-state index contributed by atoms with van der Waals surface area (Å²) in [6.45, 7) is 7.44. The zero-order valence-corrected chi connectivity index (χ0v) is 10.6. The molecule has 0 fully saturated rings. The summed E-state index contributed by atoms with van der Waals surface area (Å²) in [6, 6.07) is 4.26. The van der Waals surface area contributed by atoms with Crippen LogP contribution in [0.1, 0.15) is 31.8 Å². The van der Waals surface area contributed by atoms with Crippen molar-refractivity contribution in [3.05, 3.63) is 17.6 Å². The highest BCUT2D eigenvalue weighted by molar-refractivity contribution is 5.29. The van der Waals surface area contributed by atoms with Crippen molar-refractivity contribution < 1.29 is 0 Å². The topological polar surface area (TPSA) is 78.8 Å². The normalized spacial score (nSPS) is 10.8. The van der Waals surface area contributed by atoms with Crippen molar-refractivity contribution in [2.75, 3.05) is 12.3 Å². The first-order valence-electron chi connectivity index (χ1n) is 5.74. The van der Waals surface area contributed by atoms with Crippen LogP contribution in [-0.4, -0.2) is 27.5 Å². The lowest BCUT2D eigenvalue weighted by atomic mass is 10.3. The summed E-state index contributed by atoms with van der Waals surface area (Å²) in [6.07, 6.45) is 0.513. The largest absolute Gasteiger partial charge is 0.384 e.